The van der Waals surface area contributed by atoms with Crippen LogP contribution in [-0.2, 0) is 6.54 Å². The van der Waals surface area contributed by atoms with Gasteiger partial charge in [-0.3, -0.25) is 9.78 Å². The fourth-order valence-corrected chi connectivity index (χ4v) is 3.47. The van der Waals surface area contributed by atoms with Gasteiger partial charge in [0.1, 0.15) is 5.82 Å². The lowest BCUT2D eigenvalue weighted by Crippen LogP contribution is -2.12. The molecule has 0 radical (unpaired) electrons. The molecule has 3 nitrogen and oxygen atoms in total. The highest BCUT2D eigenvalue weighted by atomic mass is 19.1. The van der Waals surface area contributed by atoms with Gasteiger partial charge in [-0.25, -0.2) is 4.39 Å². The third-order valence-corrected chi connectivity index (χ3v) is 4.76. The third kappa shape index (κ3) is 2.77. The number of carbonyl (C=O) groups excluding carboxylic acids is 1. The molecule has 4 rings (SSSR count). The van der Waals surface area contributed by atoms with E-state index >= 15 is 0 Å². The van der Waals surface area contributed by atoms with Gasteiger partial charge in [0.05, 0.1) is 5.69 Å². The summed E-state index contributed by atoms with van der Waals surface area (Å²) in [5.74, 6) is -0.0797. The fourth-order valence-electron chi connectivity index (χ4n) is 3.47. The van der Waals surface area contributed by atoms with Crippen LogP contribution in [0.5, 0.6) is 0 Å². The summed E-state index contributed by atoms with van der Waals surface area (Å²) in [5, 5.41) is 2.87. The van der Waals surface area contributed by atoms with E-state index < -0.39 is 0 Å². The first-order chi connectivity index (χ1) is 12.5. The first-order valence-corrected chi connectivity index (χ1v) is 8.71. The lowest BCUT2D eigenvalue weighted by Gasteiger charge is -2.17. The largest absolute Gasteiger partial charge is 0.348 e. The summed E-state index contributed by atoms with van der Waals surface area (Å²) in [7, 11) is 0. The van der Waals surface area contributed by atoms with Gasteiger partial charge in [0.25, 0.3) is 5.91 Å². The first-order valence-electron chi connectivity index (χ1n) is 8.71. The summed E-state index contributed by atoms with van der Waals surface area (Å²) < 4.78 is 13.4. The quantitative estimate of drug-likeness (QED) is 0.731. The van der Waals surface area contributed by atoms with E-state index in [-0.39, 0.29) is 17.6 Å². The number of pyridine rings is 1. The topological polar surface area (TPSA) is 42.0 Å². The van der Waals surface area contributed by atoms with Crippen molar-refractivity contribution >= 4 is 5.91 Å². The van der Waals surface area contributed by atoms with E-state index in [1.54, 1.807) is 18.3 Å². The van der Waals surface area contributed by atoms with Crippen LogP contribution in [0.25, 0.3) is 22.3 Å². The Morgan fingerprint density at radius 2 is 1.77 bits per heavy atom. The molecule has 1 amide bonds. The summed E-state index contributed by atoms with van der Waals surface area (Å²) >= 11 is 0. The van der Waals surface area contributed by atoms with Gasteiger partial charge in [-0.1, -0.05) is 32.0 Å². The van der Waals surface area contributed by atoms with Crippen LogP contribution in [0.1, 0.15) is 41.4 Å². The zero-order chi connectivity index (χ0) is 18.3. The molecular weight excluding hydrogens is 327 g/mol. The van der Waals surface area contributed by atoms with Crippen LogP contribution >= 0.6 is 0 Å². The lowest BCUT2D eigenvalue weighted by molar-refractivity contribution is 0.0966. The van der Waals surface area contributed by atoms with E-state index in [1.807, 2.05) is 12.1 Å². The van der Waals surface area contributed by atoms with Crippen LogP contribution in [0.3, 0.4) is 0 Å². The predicted octanol–water partition coefficient (Wildman–Crippen LogP) is 4.92. The number of nitrogens with one attached hydrogen (secondary N) is 1. The molecule has 0 fully saturated rings. The molecule has 2 aromatic carbocycles. The zero-order valence-corrected chi connectivity index (χ0v) is 14.7. The molecule has 1 aliphatic rings. The molecule has 2 heterocycles. The fraction of sp³-hybridized carbons (Fsp3) is 0.182. The molecule has 0 unspecified atom stereocenters. The first kappa shape index (κ1) is 16.5. The van der Waals surface area contributed by atoms with Crippen molar-refractivity contribution in [1.29, 1.82) is 0 Å². The van der Waals surface area contributed by atoms with E-state index in [9.17, 15) is 9.18 Å². The molecule has 130 valence electrons. The molecule has 1 N–H and O–H groups in total. The zero-order valence-electron chi connectivity index (χ0n) is 14.7. The molecular formula is C22H19FN2O. The monoisotopic (exact) mass is 346 g/mol. The van der Waals surface area contributed by atoms with Crippen LogP contribution < -0.4 is 5.32 Å². The average Bonchev–Trinajstić information content (AvgIpc) is 3.01. The normalized spacial score (nSPS) is 13.0. The van der Waals surface area contributed by atoms with Crippen LogP contribution in [0.2, 0.25) is 0 Å². The number of hydrogen-bond acceptors (Lipinski definition) is 2. The summed E-state index contributed by atoms with van der Waals surface area (Å²) in [5.41, 5.74) is 6.52. The molecule has 0 bridgehead atoms. The second kappa shape index (κ2) is 6.37. The highest BCUT2D eigenvalue weighted by molar-refractivity contribution is 6.01. The van der Waals surface area contributed by atoms with Crippen molar-refractivity contribution in [3.8, 4) is 22.3 Å². The number of halogens is 1. The number of benzene rings is 2. The van der Waals surface area contributed by atoms with Gasteiger partial charge in [-0.05, 0) is 58.5 Å². The number of rotatable bonds is 3. The Morgan fingerprint density at radius 1 is 1.00 bits per heavy atom. The second-order valence-electron chi connectivity index (χ2n) is 6.84. The molecule has 3 aromatic rings. The maximum absolute atomic E-state index is 13.4. The average molecular weight is 346 g/mol. The summed E-state index contributed by atoms with van der Waals surface area (Å²) in [6.07, 6.45) is 1.80. The number of carbonyl (C=O) groups is 1. The number of aromatic nitrogens is 1. The van der Waals surface area contributed by atoms with Gasteiger partial charge in [0.2, 0.25) is 0 Å². The number of amides is 1. The highest BCUT2D eigenvalue weighted by Gasteiger charge is 2.23. The van der Waals surface area contributed by atoms with Crippen molar-refractivity contribution in [2.45, 2.75) is 26.3 Å². The van der Waals surface area contributed by atoms with Gasteiger partial charge in [0, 0.05) is 23.9 Å². The Balaban J connectivity index is 2.00. The minimum Gasteiger partial charge on any atom is -0.348 e. The van der Waals surface area contributed by atoms with E-state index in [2.05, 4.69) is 36.3 Å². The SMILES string of the molecule is CC(C)c1ncccc1-c1cc2c(cc1-c1ccc(F)cc1)C(=O)NC2. The van der Waals surface area contributed by atoms with E-state index in [4.69, 9.17) is 0 Å². The predicted molar refractivity (Wildman–Crippen MR) is 100 cm³/mol. The van der Waals surface area contributed by atoms with Crippen LogP contribution in [0.4, 0.5) is 4.39 Å². The summed E-state index contributed by atoms with van der Waals surface area (Å²) in [6.45, 7) is 4.76. The van der Waals surface area contributed by atoms with Crippen molar-refractivity contribution in [1.82, 2.24) is 10.3 Å². The minimum atomic E-state index is -0.279. The van der Waals surface area contributed by atoms with Gasteiger partial charge in [-0.2, -0.15) is 0 Å². The second-order valence-corrected chi connectivity index (χ2v) is 6.84. The molecule has 0 spiro atoms. The smallest absolute Gasteiger partial charge is 0.251 e. The Labute approximate surface area is 151 Å². The third-order valence-electron chi connectivity index (χ3n) is 4.76. The van der Waals surface area contributed by atoms with Crippen LogP contribution in [0, 0.1) is 5.82 Å². The lowest BCUT2D eigenvalue weighted by atomic mass is 9.88. The Morgan fingerprint density at radius 3 is 2.50 bits per heavy atom. The van der Waals surface area contributed by atoms with Crippen molar-refractivity contribution in [3.05, 3.63) is 77.4 Å². The maximum Gasteiger partial charge on any atom is 0.251 e. The van der Waals surface area contributed by atoms with Crippen molar-refractivity contribution in [2.75, 3.05) is 0 Å². The van der Waals surface area contributed by atoms with Gasteiger partial charge in [0.15, 0.2) is 0 Å². The molecule has 1 aromatic heterocycles. The Bertz CT molecular complexity index is 994. The van der Waals surface area contributed by atoms with Crippen molar-refractivity contribution in [2.24, 2.45) is 0 Å². The summed E-state index contributed by atoms with van der Waals surface area (Å²) in [4.78, 5) is 16.7. The van der Waals surface area contributed by atoms with Gasteiger partial charge < -0.3 is 5.32 Å². The highest BCUT2D eigenvalue weighted by Crippen LogP contribution is 2.38. The molecule has 26 heavy (non-hydrogen) atoms. The molecule has 0 saturated carbocycles. The van der Waals surface area contributed by atoms with Crippen molar-refractivity contribution < 1.29 is 9.18 Å². The van der Waals surface area contributed by atoms with Gasteiger partial charge >= 0.3 is 0 Å². The van der Waals surface area contributed by atoms with E-state index in [0.29, 0.717) is 12.1 Å². The number of fused-ring (bicyclic) bond motifs is 1. The standard InChI is InChI=1S/C22H19FN2O/c1-13(2)21-17(4-3-9-24-21)20-10-15-12-25-22(26)19(15)11-18(20)14-5-7-16(23)8-6-14/h3-11,13H,12H2,1-2H3,(H,25,26). The van der Waals surface area contributed by atoms with Crippen molar-refractivity contribution in [3.63, 3.8) is 0 Å². The molecule has 0 saturated heterocycles. The Kier molecular flexibility index (Phi) is 4.03. The molecule has 1 aliphatic heterocycles. The maximum atomic E-state index is 13.4. The molecule has 4 heteroatoms. The Hall–Kier alpha value is -3.01. The number of hydrogen-bond donors (Lipinski definition) is 1. The summed E-state index contributed by atoms with van der Waals surface area (Å²) in [6, 6.07) is 14.3. The molecule has 0 aliphatic carbocycles. The van der Waals surface area contributed by atoms with Crippen LogP contribution in [0.15, 0.2) is 54.7 Å². The van der Waals surface area contributed by atoms with Gasteiger partial charge in [-0.15, -0.1) is 0 Å². The van der Waals surface area contributed by atoms with E-state index in [0.717, 1.165) is 33.5 Å². The van der Waals surface area contributed by atoms with E-state index in [1.165, 1.54) is 12.1 Å². The van der Waals surface area contributed by atoms with Crippen LogP contribution in [-0.4, -0.2) is 10.9 Å². The minimum absolute atomic E-state index is 0.0646. The molecule has 0 atom stereocenters. The number of nitrogens with zero attached hydrogens (tertiary/aromatic N) is 1.